The second kappa shape index (κ2) is 12.2. The average molecular weight is 546 g/mol. The van der Waals surface area contributed by atoms with Crippen LogP contribution in [0.15, 0.2) is 94.5 Å². The zero-order chi connectivity index (χ0) is 21.3. The molecule has 4 rings (SSSR count). The number of hydrogen-bond acceptors (Lipinski definition) is 3. The molecule has 0 radical (unpaired) electrons. The number of aliphatic hydroxyl groups is 1. The van der Waals surface area contributed by atoms with Crippen molar-refractivity contribution < 1.29 is 5.11 Å². The minimum Gasteiger partial charge on any atom is -0.391 e. The Kier molecular flexibility index (Phi) is 9.65. The van der Waals surface area contributed by atoms with Gasteiger partial charge in [-0.25, -0.2) is 0 Å². The molecule has 4 aromatic rings. The van der Waals surface area contributed by atoms with Crippen LogP contribution in [-0.4, -0.2) is 15.1 Å². The van der Waals surface area contributed by atoms with Crippen LogP contribution in [0.1, 0.15) is 11.1 Å². The number of aliphatic hydroxyl groups excluding tert-OH is 1. The summed E-state index contributed by atoms with van der Waals surface area (Å²) in [5.74, 6) is 0. The molecule has 0 aliphatic carbocycles. The fourth-order valence-electron chi connectivity index (χ4n) is 2.81. The molecule has 0 saturated carbocycles. The van der Waals surface area contributed by atoms with Gasteiger partial charge in [0.05, 0.1) is 6.61 Å². The van der Waals surface area contributed by atoms with Gasteiger partial charge in [0.2, 0.25) is 0 Å². The van der Waals surface area contributed by atoms with Gasteiger partial charge in [-0.15, -0.1) is 17.0 Å². The van der Waals surface area contributed by atoms with Crippen molar-refractivity contribution in [1.82, 2.24) is 9.97 Å². The molecule has 0 spiro atoms. The van der Waals surface area contributed by atoms with E-state index in [1.807, 2.05) is 72.8 Å². The summed E-state index contributed by atoms with van der Waals surface area (Å²) in [6.07, 6.45) is 0. The van der Waals surface area contributed by atoms with Gasteiger partial charge in [0.25, 0.3) is 11.1 Å². The fourth-order valence-corrected chi connectivity index (χ4v) is 3.25. The summed E-state index contributed by atoms with van der Waals surface area (Å²) in [7, 11) is 0. The maximum absolute atomic E-state index is 11.6. The number of aromatic amines is 2. The Morgan fingerprint density at radius 3 is 1.42 bits per heavy atom. The van der Waals surface area contributed by atoms with Gasteiger partial charge in [0.15, 0.2) is 0 Å². The largest absolute Gasteiger partial charge is 0.391 e. The van der Waals surface area contributed by atoms with Crippen LogP contribution in [-0.2, 0) is 11.9 Å². The highest BCUT2D eigenvalue weighted by Crippen LogP contribution is 2.15. The van der Waals surface area contributed by atoms with Crippen molar-refractivity contribution in [2.75, 3.05) is 0 Å². The molecule has 0 unspecified atom stereocenters. The summed E-state index contributed by atoms with van der Waals surface area (Å²) in [5.41, 5.74) is 4.45. The molecule has 0 aliphatic rings. The fraction of sp³-hybridized carbons (Fsp3) is 0.0833. The molecule has 3 N–H and O–H groups in total. The molecule has 2 heterocycles. The molecule has 31 heavy (non-hydrogen) atoms. The summed E-state index contributed by atoms with van der Waals surface area (Å²) in [6.45, 7) is -0.232. The van der Waals surface area contributed by atoms with Crippen LogP contribution in [0.25, 0.3) is 22.5 Å². The summed E-state index contributed by atoms with van der Waals surface area (Å²) < 4.78 is 0. The Hall–Kier alpha value is -2.74. The van der Waals surface area contributed by atoms with Crippen molar-refractivity contribution in [3.05, 3.63) is 117 Å². The maximum atomic E-state index is 11.6. The lowest BCUT2D eigenvalue weighted by atomic mass is 10.1. The van der Waals surface area contributed by atoms with Crippen LogP contribution in [0.2, 0.25) is 0 Å². The number of rotatable bonds is 4. The molecular weight excluding hydrogens is 524 g/mol. The highest BCUT2D eigenvalue weighted by atomic mass is 79.9. The molecule has 0 fully saturated rings. The third kappa shape index (κ3) is 6.62. The first-order valence-corrected chi connectivity index (χ1v) is 10.5. The predicted octanol–water partition coefficient (Wildman–Crippen LogP) is 5.05. The monoisotopic (exact) mass is 544 g/mol. The number of H-pyrrole nitrogens is 2. The van der Waals surface area contributed by atoms with Gasteiger partial charge in [0.1, 0.15) is 0 Å². The van der Waals surface area contributed by atoms with E-state index in [9.17, 15) is 9.59 Å². The smallest absolute Gasteiger partial charge is 0.253 e. The molecular formula is C24H22Br2N2O3. The molecule has 7 heteroatoms. The van der Waals surface area contributed by atoms with E-state index in [4.69, 9.17) is 5.11 Å². The van der Waals surface area contributed by atoms with E-state index < -0.39 is 0 Å². The number of nitrogens with one attached hydrogen (secondary N) is 2. The number of aromatic nitrogens is 2. The van der Waals surface area contributed by atoms with Crippen molar-refractivity contribution in [3.8, 4) is 22.5 Å². The summed E-state index contributed by atoms with van der Waals surface area (Å²) >= 11 is 3.27. The lowest BCUT2D eigenvalue weighted by Gasteiger charge is -2.02. The second-order valence-corrected chi connectivity index (χ2v) is 7.04. The van der Waals surface area contributed by atoms with Crippen LogP contribution < -0.4 is 11.1 Å². The van der Waals surface area contributed by atoms with Crippen LogP contribution in [0.4, 0.5) is 0 Å². The van der Waals surface area contributed by atoms with Gasteiger partial charge in [-0.05, 0) is 29.3 Å². The topological polar surface area (TPSA) is 86.0 Å². The van der Waals surface area contributed by atoms with E-state index in [2.05, 4.69) is 25.9 Å². The molecule has 0 aliphatic heterocycles. The third-order valence-corrected chi connectivity index (χ3v) is 5.07. The zero-order valence-electron chi connectivity index (χ0n) is 16.5. The lowest BCUT2D eigenvalue weighted by molar-refractivity contribution is 0.280. The molecule has 0 amide bonds. The van der Waals surface area contributed by atoms with Gasteiger partial charge in [0, 0.05) is 27.8 Å². The molecule has 160 valence electrons. The Morgan fingerprint density at radius 2 is 1.06 bits per heavy atom. The van der Waals surface area contributed by atoms with E-state index in [0.717, 1.165) is 28.1 Å². The number of pyridine rings is 2. The predicted molar refractivity (Wildman–Crippen MR) is 134 cm³/mol. The van der Waals surface area contributed by atoms with Crippen LogP contribution in [0.3, 0.4) is 0 Å². The summed E-state index contributed by atoms with van der Waals surface area (Å²) in [6, 6.07) is 26.6. The Balaban J connectivity index is 0.000000213. The number of alkyl halides is 1. The molecule has 2 aromatic heterocycles. The van der Waals surface area contributed by atoms with Crippen molar-refractivity contribution in [2.24, 2.45) is 0 Å². The van der Waals surface area contributed by atoms with Gasteiger partial charge < -0.3 is 15.1 Å². The Morgan fingerprint density at radius 1 is 0.645 bits per heavy atom. The highest BCUT2D eigenvalue weighted by Gasteiger charge is 2.02. The molecule has 5 nitrogen and oxygen atoms in total. The first kappa shape index (κ1) is 24.5. The minimum atomic E-state index is -0.237. The first-order valence-electron chi connectivity index (χ1n) is 9.34. The van der Waals surface area contributed by atoms with E-state index in [0.29, 0.717) is 10.9 Å². The standard InChI is InChI=1S/C12H10BrNO.C12H11NO2.BrH/c13-8-10-6-7-11(14-12(10)15)9-4-2-1-3-5-9;14-8-10-6-7-11(13-12(10)15)9-4-2-1-3-5-9;/h1-7H,8H2,(H,14,15);1-7,14H,8H2,(H,13,15);1H. The molecule has 2 aromatic carbocycles. The van der Waals surface area contributed by atoms with E-state index in [1.54, 1.807) is 12.1 Å². The van der Waals surface area contributed by atoms with E-state index >= 15 is 0 Å². The highest BCUT2D eigenvalue weighted by molar-refractivity contribution is 9.08. The zero-order valence-corrected chi connectivity index (χ0v) is 19.8. The third-order valence-electron chi connectivity index (χ3n) is 4.47. The molecule has 0 bridgehead atoms. The molecule has 0 saturated heterocycles. The van der Waals surface area contributed by atoms with Crippen molar-refractivity contribution in [1.29, 1.82) is 0 Å². The number of benzene rings is 2. The Bertz CT molecular complexity index is 1110. The lowest BCUT2D eigenvalue weighted by Crippen LogP contribution is -2.12. The van der Waals surface area contributed by atoms with Crippen molar-refractivity contribution >= 4 is 32.9 Å². The van der Waals surface area contributed by atoms with Crippen molar-refractivity contribution in [3.63, 3.8) is 0 Å². The molecule has 0 atom stereocenters. The number of halogens is 2. The van der Waals surface area contributed by atoms with Crippen molar-refractivity contribution in [2.45, 2.75) is 11.9 Å². The number of hydrogen-bond donors (Lipinski definition) is 3. The van der Waals surface area contributed by atoms with Crippen LogP contribution in [0.5, 0.6) is 0 Å². The summed E-state index contributed by atoms with van der Waals surface area (Å²) in [5, 5.41) is 9.44. The van der Waals surface area contributed by atoms with Crippen LogP contribution in [0, 0.1) is 0 Å². The second-order valence-electron chi connectivity index (χ2n) is 6.48. The maximum Gasteiger partial charge on any atom is 0.253 e. The minimum absolute atomic E-state index is 0. The van der Waals surface area contributed by atoms with Gasteiger partial charge in [-0.3, -0.25) is 9.59 Å². The van der Waals surface area contributed by atoms with Crippen LogP contribution >= 0.6 is 32.9 Å². The quantitative estimate of drug-likeness (QED) is 0.314. The average Bonchev–Trinajstić information content (AvgIpc) is 2.80. The normalized spacial score (nSPS) is 9.87. The summed E-state index contributed by atoms with van der Waals surface area (Å²) in [4.78, 5) is 28.6. The van der Waals surface area contributed by atoms with Gasteiger partial charge in [-0.1, -0.05) is 82.7 Å². The van der Waals surface area contributed by atoms with Gasteiger partial charge >= 0.3 is 0 Å². The Labute approximate surface area is 198 Å². The van der Waals surface area contributed by atoms with Gasteiger partial charge in [-0.2, -0.15) is 0 Å². The van der Waals surface area contributed by atoms with E-state index in [-0.39, 0.29) is 34.7 Å². The SMILES string of the molecule is Br.O=c1[nH]c(-c2ccccc2)ccc1CBr.O=c1[nH]c(-c2ccccc2)ccc1CO. The first-order chi connectivity index (χ1) is 14.6. The van der Waals surface area contributed by atoms with E-state index in [1.165, 1.54) is 0 Å².